The van der Waals surface area contributed by atoms with Crippen LogP contribution >= 0.6 is 27.5 Å². The molecule has 0 atom stereocenters. The van der Waals surface area contributed by atoms with E-state index in [0.717, 1.165) is 11.1 Å². The molecular formula is C14H11BrClFO. The van der Waals surface area contributed by atoms with Crippen molar-refractivity contribution in [1.29, 1.82) is 0 Å². The highest BCUT2D eigenvalue weighted by Crippen LogP contribution is 2.32. The molecule has 0 N–H and O–H groups in total. The highest BCUT2D eigenvalue weighted by Gasteiger charge is 2.07. The molecule has 94 valence electrons. The van der Waals surface area contributed by atoms with Gasteiger partial charge >= 0.3 is 0 Å². The minimum atomic E-state index is -0.330. The molecule has 0 radical (unpaired) electrons. The Bertz CT molecular complexity index is 572. The van der Waals surface area contributed by atoms with E-state index >= 15 is 0 Å². The second kappa shape index (κ2) is 5.72. The Hall–Kier alpha value is -1.06. The van der Waals surface area contributed by atoms with Crippen LogP contribution in [0.1, 0.15) is 11.1 Å². The van der Waals surface area contributed by atoms with E-state index in [1.807, 2.05) is 25.1 Å². The number of ether oxygens (including phenoxy) is 1. The van der Waals surface area contributed by atoms with Crippen LogP contribution in [0.15, 0.2) is 40.9 Å². The summed E-state index contributed by atoms with van der Waals surface area (Å²) < 4.78 is 19.6. The lowest BCUT2D eigenvalue weighted by molar-refractivity contribution is 0.470. The summed E-state index contributed by atoms with van der Waals surface area (Å²) in [6.07, 6.45) is 0. The first-order chi connectivity index (χ1) is 8.60. The van der Waals surface area contributed by atoms with Crippen molar-refractivity contribution in [3.63, 3.8) is 0 Å². The summed E-state index contributed by atoms with van der Waals surface area (Å²) in [6.45, 7) is 1.93. The number of halogens is 3. The van der Waals surface area contributed by atoms with Gasteiger partial charge in [0, 0.05) is 11.9 Å². The lowest BCUT2D eigenvalue weighted by Crippen LogP contribution is -1.91. The van der Waals surface area contributed by atoms with Gasteiger partial charge in [0.25, 0.3) is 0 Å². The summed E-state index contributed by atoms with van der Waals surface area (Å²) in [5.41, 5.74) is 1.99. The number of benzene rings is 2. The van der Waals surface area contributed by atoms with Gasteiger partial charge < -0.3 is 4.74 Å². The quantitative estimate of drug-likeness (QED) is 0.682. The van der Waals surface area contributed by atoms with Crippen molar-refractivity contribution in [2.45, 2.75) is 12.8 Å². The van der Waals surface area contributed by atoms with Crippen LogP contribution in [0.5, 0.6) is 11.5 Å². The predicted molar refractivity (Wildman–Crippen MR) is 74.9 cm³/mol. The van der Waals surface area contributed by atoms with Gasteiger partial charge in [-0.15, -0.1) is 11.6 Å². The zero-order valence-electron chi connectivity index (χ0n) is 9.71. The van der Waals surface area contributed by atoms with E-state index in [4.69, 9.17) is 16.3 Å². The van der Waals surface area contributed by atoms with Crippen LogP contribution in [-0.4, -0.2) is 0 Å². The van der Waals surface area contributed by atoms with Crippen LogP contribution < -0.4 is 4.74 Å². The van der Waals surface area contributed by atoms with Gasteiger partial charge in [-0.05, 0) is 52.2 Å². The van der Waals surface area contributed by atoms with Gasteiger partial charge in [0.15, 0.2) is 0 Å². The van der Waals surface area contributed by atoms with Crippen LogP contribution in [-0.2, 0) is 5.88 Å². The molecule has 0 aromatic heterocycles. The minimum absolute atomic E-state index is 0.330. The van der Waals surface area contributed by atoms with Crippen LogP contribution in [0.2, 0.25) is 0 Å². The van der Waals surface area contributed by atoms with Crippen LogP contribution in [0.4, 0.5) is 4.39 Å². The zero-order valence-corrected chi connectivity index (χ0v) is 12.1. The van der Waals surface area contributed by atoms with Gasteiger partial charge in [0.1, 0.15) is 17.3 Å². The molecular weight excluding hydrogens is 319 g/mol. The second-order valence-corrected chi connectivity index (χ2v) is 5.03. The maximum absolute atomic E-state index is 13.2. The Labute approximate surface area is 119 Å². The standard InChI is InChI=1S/C14H11BrClFO/c1-9-6-10(8-16)2-5-13(9)18-14-7-11(17)3-4-12(14)15/h2-7H,8H2,1H3. The molecule has 0 heterocycles. The second-order valence-electron chi connectivity index (χ2n) is 3.91. The van der Waals surface area contributed by atoms with Gasteiger partial charge in [-0.3, -0.25) is 0 Å². The molecule has 4 heteroatoms. The molecule has 0 saturated carbocycles. The number of hydrogen-bond donors (Lipinski definition) is 0. The fourth-order valence-electron chi connectivity index (χ4n) is 1.58. The highest BCUT2D eigenvalue weighted by molar-refractivity contribution is 9.10. The minimum Gasteiger partial charge on any atom is -0.456 e. The third-order valence-corrected chi connectivity index (χ3v) is 3.47. The van der Waals surface area contributed by atoms with Crippen molar-refractivity contribution in [2.75, 3.05) is 0 Å². The van der Waals surface area contributed by atoms with Gasteiger partial charge in [-0.2, -0.15) is 0 Å². The van der Waals surface area contributed by atoms with Crippen LogP contribution in [0.3, 0.4) is 0 Å². The molecule has 2 aromatic rings. The summed E-state index contributed by atoms with van der Waals surface area (Å²) in [7, 11) is 0. The summed E-state index contributed by atoms with van der Waals surface area (Å²) in [6, 6.07) is 10.0. The Morgan fingerprint density at radius 3 is 2.61 bits per heavy atom. The number of rotatable bonds is 3. The van der Waals surface area contributed by atoms with Crippen LogP contribution in [0.25, 0.3) is 0 Å². The van der Waals surface area contributed by atoms with E-state index in [2.05, 4.69) is 15.9 Å². The molecule has 0 unspecified atom stereocenters. The molecule has 0 saturated heterocycles. The molecule has 0 amide bonds. The van der Waals surface area contributed by atoms with Gasteiger partial charge in [0.2, 0.25) is 0 Å². The molecule has 0 spiro atoms. The lowest BCUT2D eigenvalue weighted by atomic mass is 10.1. The average Bonchev–Trinajstić information content (AvgIpc) is 2.36. The van der Waals surface area contributed by atoms with E-state index < -0.39 is 0 Å². The molecule has 1 nitrogen and oxygen atoms in total. The van der Waals surface area contributed by atoms with E-state index in [0.29, 0.717) is 21.9 Å². The first-order valence-corrected chi connectivity index (χ1v) is 6.71. The summed E-state index contributed by atoms with van der Waals surface area (Å²) in [4.78, 5) is 0. The summed E-state index contributed by atoms with van der Waals surface area (Å²) >= 11 is 9.09. The lowest BCUT2D eigenvalue weighted by Gasteiger charge is -2.11. The average molecular weight is 330 g/mol. The highest BCUT2D eigenvalue weighted by atomic mass is 79.9. The monoisotopic (exact) mass is 328 g/mol. The Morgan fingerprint density at radius 1 is 1.17 bits per heavy atom. The molecule has 0 aliphatic rings. The van der Waals surface area contributed by atoms with E-state index in [1.165, 1.54) is 12.1 Å². The molecule has 2 aromatic carbocycles. The van der Waals surface area contributed by atoms with Crippen LogP contribution in [0, 0.1) is 12.7 Å². The molecule has 0 aliphatic heterocycles. The Kier molecular flexibility index (Phi) is 4.25. The topological polar surface area (TPSA) is 9.23 Å². The first kappa shape index (κ1) is 13.4. The van der Waals surface area contributed by atoms with Crippen molar-refractivity contribution in [2.24, 2.45) is 0 Å². The predicted octanol–water partition coefficient (Wildman–Crippen LogP) is 5.43. The van der Waals surface area contributed by atoms with Crippen molar-refractivity contribution >= 4 is 27.5 Å². The van der Waals surface area contributed by atoms with Gasteiger partial charge in [0.05, 0.1) is 4.47 Å². The fraction of sp³-hybridized carbons (Fsp3) is 0.143. The van der Waals surface area contributed by atoms with Crippen molar-refractivity contribution < 1.29 is 9.13 Å². The maximum Gasteiger partial charge on any atom is 0.144 e. The molecule has 18 heavy (non-hydrogen) atoms. The van der Waals surface area contributed by atoms with E-state index in [-0.39, 0.29) is 5.82 Å². The van der Waals surface area contributed by atoms with Crippen molar-refractivity contribution in [3.05, 3.63) is 57.8 Å². The van der Waals surface area contributed by atoms with E-state index in [1.54, 1.807) is 6.07 Å². The number of alkyl halides is 1. The molecule has 0 bridgehead atoms. The Balaban J connectivity index is 2.31. The summed E-state index contributed by atoms with van der Waals surface area (Å²) in [5.74, 6) is 1.28. The third kappa shape index (κ3) is 3.03. The first-order valence-electron chi connectivity index (χ1n) is 5.38. The van der Waals surface area contributed by atoms with E-state index in [9.17, 15) is 4.39 Å². The largest absolute Gasteiger partial charge is 0.456 e. The normalized spacial score (nSPS) is 10.4. The maximum atomic E-state index is 13.2. The molecule has 0 aliphatic carbocycles. The summed E-state index contributed by atoms with van der Waals surface area (Å²) in [5, 5.41) is 0. The molecule has 2 rings (SSSR count). The van der Waals surface area contributed by atoms with Gasteiger partial charge in [-0.1, -0.05) is 12.1 Å². The fourth-order valence-corrected chi connectivity index (χ4v) is 2.08. The number of aryl methyl sites for hydroxylation is 1. The van der Waals surface area contributed by atoms with Crippen molar-refractivity contribution in [3.8, 4) is 11.5 Å². The van der Waals surface area contributed by atoms with Crippen molar-refractivity contribution in [1.82, 2.24) is 0 Å². The zero-order chi connectivity index (χ0) is 13.1. The third-order valence-electron chi connectivity index (χ3n) is 2.51. The smallest absolute Gasteiger partial charge is 0.144 e. The van der Waals surface area contributed by atoms with Gasteiger partial charge in [-0.25, -0.2) is 4.39 Å². The number of hydrogen-bond acceptors (Lipinski definition) is 1. The Morgan fingerprint density at radius 2 is 1.94 bits per heavy atom. The SMILES string of the molecule is Cc1cc(CCl)ccc1Oc1cc(F)ccc1Br. The molecule has 0 fully saturated rings.